The average Bonchev–Trinajstić information content (AvgIpc) is 2.88. The minimum absolute atomic E-state index is 0.171. The zero-order chi connectivity index (χ0) is 13.4. The van der Waals surface area contributed by atoms with Gasteiger partial charge in [-0.2, -0.15) is 0 Å². The Morgan fingerprint density at radius 2 is 2.11 bits per heavy atom. The van der Waals surface area contributed by atoms with Crippen molar-refractivity contribution in [1.82, 2.24) is 4.90 Å². The van der Waals surface area contributed by atoms with Crippen LogP contribution < -0.4 is 0 Å². The molecule has 1 heterocycles. The zero-order valence-corrected chi connectivity index (χ0v) is 12.1. The minimum Gasteiger partial charge on any atom is -0.338 e. The SMILES string of the molecule is CC1CN(C(=O)c2ccc3c(c2)CCC3)CCC1Cl. The van der Waals surface area contributed by atoms with Gasteiger partial charge in [0.15, 0.2) is 0 Å². The van der Waals surface area contributed by atoms with Crippen molar-refractivity contribution in [3.05, 3.63) is 34.9 Å². The van der Waals surface area contributed by atoms with Crippen molar-refractivity contribution >= 4 is 17.5 Å². The maximum atomic E-state index is 12.5. The number of piperidine rings is 1. The van der Waals surface area contributed by atoms with Gasteiger partial charge >= 0.3 is 0 Å². The molecule has 1 aromatic rings. The van der Waals surface area contributed by atoms with E-state index in [0.29, 0.717) is 5.92 Å². The number of alkyl halides is 1. The first-order valence-electron chi connectivity index (χ1n) is 7.20. The predicted molar refractivity (Wildman–Crippen MR) is 77.8 cm³/mol. The summed E-state index contributed by atoms with van der Waals surface area (Å²) in [5, 5.41) is 0.212. The standard InChI is InChI=1S/C16H20ClNO/c1-11-10-18(8-7-15(11)17)16(19)14-6-5-12-3-2-4-13(12)9-14/h5-6,9,11,15H,2-4,7-8,10H2,1H3. The highest BCUT2D eigenvalue weighted by Crippen LogP contribution is 2.26. The van der Waals surface area contributed by atoms with E-state index in [9.17, 15) is 4.79 Å². The molecule has 1 fully saturated rings. The topological polar surface area (TPSA) is 20.3 Å². The highest BCUT2D eigenvalue weighted by Gasteiger charge is 2.28. The highest BCUT2D eigenvalue weighted by molar-refractivity contribution is 6.20. The lowest BCUT2D eigenvalue weighted by molar-refractivity contribution is 0.0687. The lowest BCUT2D eigenvalue weighted by atomic mass is 9.98. The second-order valence-electron chi connectivity index (χ2n) is 5.87. The van der Waals surface area contributed by atoms with Crippen molar-refractivity contribution in [2.45, 2.75) is 38.0 Å². The van der Waals surface area contributed by atoms with E-state index in [1.54, 1.807) is 0 Å². The van der Waals surface area contributed by atoms with Crippen LogP contribution in [0.2, 0.25) is 0 Å². The molecule has 0 bridgehead atoms. The number of hydrogen-bond acceptors (Lipinski definition) is 1. The van der Waals surface area contributed by atoms with Crippen LogP contribution in [0.5, 0.6) is 0 Å². The summed E-state index contributed by atoms with van der Waals surface area (Å²) in [6, 6.07) is 6.22. The Kier molecular flexibility index (Phi) is 3.53. The smallest absolute Gasteiger partial charge is 0.253 e. The van der Waals surface area contributed by atoms with Crippen LogP contribution in [-0.4, -0.2) is 29.3 Å². The third kappa shape index (κ3) is 2.51. The van der Waals surface area contributed by atoms with E-state index < -0.39 is 0 Å². The number of nitrogens with zero attached hydrogens (tertiary/aromatic N) is 1. The predicted octanol–water partition coefficient (Wildman–Crippen LogP) is 3.26. The fraction of sp³-hybridized carbons (Fsp3) is 0.562. The molecule has 0 N–H and O–H groups in total. The van der Waals surface area contributed by atoms with Crippen LogP contribution in [0.15, 0.2) is 18.2 Å². The van der Waals surface area contributed by atoms with Gasteiger partial charge in [-0.3, -0.25) is 4.79 Å². The fourth-order valence-electron chi connectivity index (χ4n) is 3.19. The maximum absolute atomic E-state index is 12.5. The number of carbonyl (C=O) groups excluding carboxylic acids is 1. The third-order valence-corrected chi connectivity index (χ3v) is 5.08. The monoisotopic (exact) mass is 277 g/mol. The molecule has 3 rings (SSSR count). The number of hydrogen-bond donors (Lipinski definition) is 0. The molecule has 1 saturated heterocycles. The highest BCUT2D eigenvalue weighted by atomic mass is 35.5. The van der Waals surface area contributed by atoms with Crippen LogP contribution in [0, 0.1) is 5.92 Å². The van der Waals surface area contributed by atoms with Gasteiger partial charge in [-0.15, -0.1) is 11.6 Å². The number of fused-ring (bicyclic) bond motifs is 1. The molecular weight excluding hydrogens is 258 g/mol. The van der Waals surface area contributed by atoms with E-state index in [0.717, 1.165) is 31.5 Å². The lowest BCUT2D eigenvalue weighted by Crippen LogP contribution is -2.43. The fourth-order valence-corrected chi connectivity index (χ4v) is 3.37. The first-order valence-corrected chi connectivity index (χ1v) is 7.64. The lowest BCUT2D eigenvalue weighted by Gasteiger charge is -2.34. The first kappa shape index (κ1) is 13.0. The summed E-state index contributed by atoms with van der Waals surface area (Å²) < 4.78 is 0. The van der Waals surface area contributed by atoms with Crippen LogP contribution >= 0.6 is 11.6 Å². The van der Waals surface area contributed by atoms with Gasteiger partial charge in [0.1, 0.15) is 0 Å². The van der Waals surface area contributed by atoms with E-state index in [1.165, 1.54) is 24.0 Å². The number of benzene rings is 1. The summed E-state index contributed by atoms with van der Waals surface area (Å²) in [7, 11) is 0. The Balaban J connectivity index is 1.77. The summed E-state index contributed by atoms with van der Waals surface area (Å²) >= 11 is 6.22. The molecular formula is C16H20ClNO. The van der Waals surface area contributed by atoms with Crippen LogP contribution in [-0.2, 0) is 12.8 Å². The van der Waals surface area contributed by atoms with Crippen molar-refractivity contribution in [1.29, 1.82) is 0 Å². The van der Waals surface area contributed by atoms with E-state index in [4.69, 9.17) is 11.6 Å². The molecule has 2 unspecified atom stereocenters. The maximum Gasteiger partial charge on any atom is 0.253 e. The molecule has 1 aliphatic carbocycles. The number of halogens is 1. The molecule has 19 heavy (non-hydrogen) atoms. The van der Waals surface area contributed by atoms with Crippen molar-refractivity contribution in [3.63, 3.8) is 0 Å². The molecule has 2 aliphatic rings. The van der Waals surface area contributed by atoms with Crippen molar-refractivity contribution in [3.8, 4) is 0 Å². The van der Waals surface area contributed by atoms with Gasteiger partial charge in [0.2, 0.25) is 0 Å². The Bertz CT molecular complexity index is 500. The van der Waals surface area contributed by atoms with Gasteiger partial charge in [-0.1, -0.05) is 13.0 Å². The molecule has 102 valence electrons. The number of carbonyl (C=O) groups is 1. The van der Waals surface area contributed by atoms with Gasteiger partial charge in [-0.05, 0) is 54.9 Å². The summed E-state index contributed by atoms with van der Waals surface area (Å²) in [6.07, 6.45) is 4.41. The molecule has 2 nitrogen and oxygen atoms in total. The molecule has 3 heteroatoms. The van der Waals surface area contributed by atoms with Crippen molar-refractivity contribution in [2.75, 3.05) is 13.1 Å². The molecule has 2 atom stereocenters. The summed E-state index contributed by atoms with van der Waals surface area (Å²) in [6.45, 7) is 3.69. The van der Waals surface area contributed by atoms with Crippen molar-refractivity contribution in [2.24, 2.45) is 5.92 Å². The average molecular weight is 278 g/mol. The molecule has 0 aromatic heterocycles. The van der Waals surface area contributed by atoms with Crippen LogP contribution in [0.4, 0.5) is 0 Å². The second-order valence-corrected chi connectivity index (χ2v) is 6.43. The first-order chi connectivity index (χ1) is 9.15. The van der Waals surface area contributed by atoms with Crippen LogP contribution in [0.1, 0.15) is 41.3 Å². The van der Waals surface area contributed by atoms with Crippen molar-refractivity contribution < 1.29 is 4.79 Å². The number of amides is 1. The summed E-state index contributed by atoms with van der Waals surface area (Å²) in [4.78, 5) is 14.5. The molecule has 0 spiro atoms. The normalized spacial score (nSPS) is 26.3. The summed E-state index contributed by atoms with van der Waals surface area (Å²) in [5.41, 5.74) is 3.64. The quantitative estimate of drug-likeness (QED) is 0.722. The van der Waals surface area contributed by atoms with Gasteiger partial charge in [0, 0.05) is 24.0 Å². The largest absolute Gasteiger partial charge is 0.338 e. The van der Waals surface area contributed by atoms with Gasteiger partial charge in [0.25, 0.3) is 5.91 Å². The third-order valence-electron chi connectivity index (χ3n) is 4.43. The molecule has 0 saturated carbocycles. The minimum atomic E-state index is 0.171. The second kappa shape index (κ2) is 5.16. The van der Waals surface area contributed by atoms with Gasteiger partial charge < -0.3 is 4.90 Å². The van der Waals surface area contributed by atoms with E-state index in [2.05, 4.69) is 19.1 Å². The molecule has 1 aromatic carbocycles. The Labute approximate surface area is 119 Å². The van der Waals surface area contributed by atoms with Crippen LogP contribution in [0.3, 0.4) is 0 Å². The van der Waals surface area contributed by atoms with E-state index in [1.807, 2.05) is 11.0 Å². The van der Waals surface area contributed by atoms with E-state index in [-0.39, 0.29) is 11.3 Å². The zero-order valence-electron chi connectivity index (χ0n) is 11.4. The van der Waals surface area contributed by atoms with Crippen LogP contribution in [0.25, 0.3) is 0 Å². The number of likely N-dealkylation sites (tertiary alicyclic amines) is 1. The Hall–Kier alpha value is -1.02. The molecule has 1 amide bonds. The van der Waals surface area contributed by atoms with Gasteiger partial charge in [0.05, 0.1) is 0 Å². The number of aryl methyl sites for hydroxylation is 2. The molecule has 1 aliphatic heterocycles. The van der Waals surface area contributed by atoms with E-state index >= 15 is 0 Å². The Morgan fingerprint density at radius 1 is 1.32 bits per heavy atom. The number of rotatable bonds is 1. The Morgan fingerprint density at radius 3 is 2.89 bits per heavy atom. The van der Waals surface area contributed by atoms with Gasteiger partial charge in [-0.25, -0.2) is 0 Å². The molecule has 0 radical (unpaired) electrons. The summed E-state index contributed by atoms with van der Waals surface area (Å²) in [5.74, 6) is 0.555.